The molecule has 0 saturated heterocycles. The van der Waals surface area contributed by atoms with Crippen LogP contribution in [0.15, 0.2) is 36.4 Å². The van der Waals surface area contributed by atoms with Gasteiger partial charge in [0.15, 0.2) is 5.78 Å². The highest BCUT2D eigenvalue weighted by Crippen LogP contribution is 2.25. The number of hydrogen-bond acceptors (Lipinski definition) is 1. The third kappa shape index (κ3) is 2.58. The summed E-state index contributed by atoms with van der Waals surface area (Å²) < 4.78 is 0. The summed E-state index contributed by atoms with van der Waals surface area (Å²) in [6.45, 7) is 3.86. The maximum absolute atomic E-state index is 12.3. The van der Waals surface area contributed by atoms with Crippen molar-refractivity contribution in [1.29, 1.82) is 0 Å². The molecule has 0 aliphatic carbocycles. The molecular weight excluding hydrogens is 267 g/mol. The fourth-order valence-electron chi connectivity index (χ4n) is 1.75. The van der Waals surface area contributed by atoms with Gasteiger partial charge in [-0.2, -0.15) is 0 Å². The Morgan fingerprint density at radius 1 is 0.833 bits per heavy atom. The van der Waals surface area contributed by atoms with Gasteiger partial charge in [0.05, 0.1) is 10.0 Å². The van der Waals surface area contributed by atoms with Gasteiger partial charge in [-0.3, -0.25) is 4.79 Å². The maximum Gasteiger partial charge on any atom is 0.196 e. The Kier molecular flexibility index (Phi) is 3.74. The van der Waals surface area contributed by atoms with Crippen molar-refractivity contribution in [3.05, 3.63) is 68.7 Å². The topological polar surface area (TPSA) is 17.1 Å². The first-order valence-electron chi connectivity index (χ1n) is 5.56. The van der Waals surface area contributed by atoms with Gasteiger partial charge in [0, 0.05) is 11.1 Å². The molecular formula is C15H12Cl2O. The van der Waals surface area contributed by atoms with Gasteiger partial charge in [0.1, 0.15) is 0 Å². The first kappa shape index (κ1) is 13.1. The number of benzene rings is 2. The molecule has 0 heterocycles. The summed E-state index contributed by atoms with van der Waals surface area (Å²) in [5, 5.41) is 0.910. The number of ketones is 1. The number of carbonyl (C=O) groups is 1. The van der Waals surface area contributed by atoms with Crippen molar-refractivity contribution in [1.82, 2.24) is 0 Å². The van der Waals surface area contributed by atoms with Gasteiger partial charge in [-0.15, -0.1) is 0 Å². The lowest BCUT2D eigenvalue weighted by Crippen LogP contribution is -2.03. The van der Waals surface area contributed by atoms with E-state index >= 15 is 0 Å². The van der Waals surface area contributed by atoms with Gasteiger partial charge in [-0.1, -0.05) is 35.3 Å². The second-order valence-corrected chi connectivity index (χ2v) is 5.11. The van der Waals surface area contributed by atoms with E-state index in [0.717, 1.165) is 11.1 Å². The Balaban J connectivity index is 2.48. The molecule has 0 aliphatic rings. The number of aryl methyl sites for hydroxylation is 2. The molecule has 0 unspecified atom stereocenters. The quantitative estimate of drug-likeness (QED) is 0.719. The Hall–Kier alpha value is -1.31. The predicted octanol–water partition coefficient (Wildman–Crippen LogP) is 4.84. The number of halogens is 2. The lowest BCUT2D eigenvalue weighted by Gasteiger charge is -2.07. The van der Waals surface area contributed by atoms with Crippen LogP contribution in [0, 0.1) is 13.8 Å². The van der Waals surface area contributed by atoms with Gasteiger partial charge in [-0.05, 0) is 49.2 Å². The summed E-state index contributed by atoms with van der Waals surface area (Å²) in [6, 6.07) is 10.7. The fraction of sp³-hybridized carbons (Fsp3) is 0.133. The van der Waals surface area contributed by atoms with Crippen molar-refractivity contribution in [3.8, 4) is 0 Å². The smallest absolute Gasteiger partial charge is 0.196 e. The molecule has 2 rings (SSSR count). The van der Waals surface area contributed by atoms with Crippen LogP contribution in [0.4, 0.5) is 0 Å². The van der Waals surface area contributed by atoms with Gasteiger partial charge in [0.2, 0.25) is 0 Å². The Morgan fingerprint density at radius 3 is 1.56 bits per heavy atom. The zero-order chi connectivity index (χ0) is 13.3. The van der Waals surface area contributed by atoms with Crippen molar-refractivity contribution in [2.45, 2.75) is 13.8 Å². The highest BCUT2D eigenvalue weighted by molar-refractivity contribution is 6.38. The molecule has 0 atom stereocenters. The van der Waals surface area contributed by atoms with E-state index in [1.807, 2.05) is 26.0 Å². The minimum Gasteiger partial charge on any atom is -0.288 e. The highest BCUT2D eigenvalue weighted by atomic mass is 35.5. The summed E-state index contributed by atoms with van der Waals surface area (Å²) in [5.74, 6) is -0.148. The Bertz CT molecular complexity index is 564. The highest BCUT2D eigenvalue weighted by Gasteiger charge is 2.15. The van der Waals surface area contributed by atoms with Gasteiger partial charge >= 0.3 is 0 Å². The van der Waals surface area contributed by atoms with Crippen LogP contribution in [-0.4, -0.2) is 5.78 Å². The summed E-state index contributed by atoms with van der Waals surface area (Å²) in [7, 11) is 0. The fourth-order valence-corrected chi connectivity index (χ4v) is 2.40. The second kappa shape index (κ2) is 5.13. The molecule has 0 fully saturated rings. The molecule has 1 nitrogen and oxygen atoms in total. The minimum atomic E-state index is -0.148. The Morgan fingerprint density at radius 2 is 1.22 bits per heavy atom. The molecule has 0 N–H and O–H groups in total. The first-order valence-corrected chi connectivity index (χ1v) is 6.31. The molecule has 0 spiro atoms. The molecule has 0 aliphatic heterocycles. The predicted molar refractivity (Wildman–Crippen MR) is 75.8 cm³/mol. The van der Waals surface area contributed by atoms with E-state index in [1.165, 1.54) is 0 Å². The van der Waals surface area contributed by atoms with Gasteiger partial charge in [-0.25, -0.2) is 0 Å². The van der Waals surface area contributed by atoms with Crippen molar-refractivity contribution in [3.63, 3.8) is 0 Å². The normalized spacial score (nSPS) is 10.4. The first-order chi connectivity index (χ1) is 8.49. The molecule has 3 heteroatoms. The summed E-state index contributed by atoms with van der Waals surface area (Å²) in [4.78, 5) is 12.3. The molecule has 0 saturated carbocycles. The molecule has 0 amide bonds. The third-order valence-electron chi connectivity index (χ3n) is 2.74. The lowest BCUT2D eigenvalue weighted by atomic mass is 10.0. The van der Waals surface area contributed by atoms with Crippen LogP contribution in [0.1, 0.15) is 27.0 Å². The van der Waals surface area contributed by atoms with E-state index in [2.05, 4.69) is 0 Å². The molecule has 2 aromatic carbocycles. The zero-order valence-corrected chi connectivity index (χ0v) is 11.6. The second-order valence-electron chi connectivity index (χ2n) is 4.30. The molecule has 18 heavy (non-hydrogen) atoms. The van der Waals surface area contributed by atoms with Crippen LogP contribution >= 0.6 is 23.2 Å². The van der Waals surface area contributed by atoms with Gasteiger partial charge < -0.3 is 0 Å². The van der Waals surface area contributed by atoms with E-state index < -0.39 is 0 Å². The zero-order valence-electron chi connectivity index (χ0n) is 10.1. The molecule has 0 radical (unpaired) electrons. The average molecular weight is 279 g/mol. The largest absolute Gasteiger partial charge is 0.288 e. The lowest BCUT2D eigenvalue weighted by molar-refractivity contribution is 0.103. The van der Waals surface area contributed by atoms with Crippen LogP contribution in [0.2, 0.25) is 10.0 Å². The van der Waals surface area contributed by atoms with E-state index in [1.54, 1.807) is 24.3 Å². The number of carbonyl (C=O) groups excluding carboxylic acids is 1. The monoisotopic (exact) mass is 278 g/mol. The Labute approximate surface area is 116 Å². The van der Waals surface area contributed by atoms with Crippen LogP contribution < -0.4 is 0 Å². The van der Waals surface area contributed by atoms with Crippen LogP contribution in [-0.2, 0) is 0 Å². The molecule has 0 aromatic heterocycles. The van der Waals surface area contributed by atoms with E-state index in [9.17, 15) is 4.79 Å². The van der Waals surface area contributed by atoms with Gasteiger partial charge in [0.25, 0.3) is 0 Å². The van der Waals surface area contributed by atoms with Crippen LogP contribution in [0.5, 0.6) is 0 Å². The van der Waals surface area contributed by atoms with E-state index in [0.29, 0.717) is 21.2 Å². The third-order valence-corrected chi connectivity index (χ3v) is 3.36. The van der Waals surface area contributed by atoms with Crippen LogP contribution in [0.3, 0.4) is 0 Å². The summed E-state index contributed by atoms with van der Waals surface area (Å²) in [5.41, 5.74) is 3.00. The van der Waals surface area contributed by atoms with E-state index in [-0.39, 0.29) is 5.78 Å². The molecule has 92 valence electrons. The standard InChI is InChI=1S/C15H12Cl2O/c1-9-3-5-11(13(16)7-9)15(18)12-6-4-10(2)8-14(12)17/h3-8H,1-2H3. The van der Waals surface area contributed by atoms with E-state index in [4.69, 9.17) is 23.2 Å². The van der Waals surface area contributed by atoms with Crippen LogP contribution in [0.25, 0.3) is 0 Å². The summed E-state index contributed by atoms with van der Waals surface area (Å²) in [6.07, 6.45) is 0. The number of hydrogen-bond donors (Lipinski definition) is 0. The van der Waals surface area contributed by atoms with Crippen molar-refractivity contribution in [2.24, 2.45) is 0 Å². The SMILES string of the molecule is Cc1ccc(C(=O)c2ccc(C)cc2Cl)c(Cl)c1. The van der Waals surface area contributed by atoms with Crippen molar-refractivity contribution < 1.29 is 4.79 Å². The molecule has 0 bridgehead atoms. The maximum atomic E-state index is 12.3. The summed E-state index contributed by atoms with van der Waals surface area (Å²) >= 11 is 12.2. The number of rotatable bonds is 2. The average Bonchev–Trinajstić information content (AvgIpc) is 2.28. The minimum absolute atomic E-state index is 0.148. The van der Waals surface area contributed by atoms with Crippen molar-refractivity contribution in [2.75, 3.05) is 0 Å². The molecule has 2 aromatic rings. The van der Waals surface area contributed by atoms with Crippen molar-refractivity contribution >= 4 is 29.0 Å².